The normalized spacial score (nSPS) is 15.7. The number of carbonyl (C=O) groups is 1. The molecule has 0 aromatic heterocycles. The van der Waals surface area contributed by atoms with E-state index in [0.29, 0.717) is 29.4 Å². The van der Waals surface area contributed by atoms with Crippen molar-refractivity contribution in [3.05, 3.63) is 28.3 Å². The van der Waals surface area contributed by atoms with Gasteiger partial charge in [0.2, 0.25) is 0 Å². The van der Waals surface area contributed by atoms with Crippen LogP contribution >= 0.6 is 11.6 Å². The van der Waals surface area contributed by atoms with Crippen LogP contribution in [-0.4, -0.2) is 12.4 Å². The van der Waals surface area contributed by atoms with Gasteiger partial charge in [0, 0.05) is 6.42 Å². The van der Waals surface area contributed by atoms with Crippen LogP contribution in [0.2, 0.25) is 5.02 Å². The van der Waals surface area contributed by atoms with Crippen molar-refractivity contribution in [3.8, 4) is 5.75 Å². The predicted molar refractivity (Wildman–Crippen MR) is 55.2 cm³/mol. The van der Waals surface area contributed by atoms with Gasteiger partial charge in [-0.25, -0.2) is 0 Å². The SMILES string of the molecule is Cc1ccc(Cl)c2c1OCCCC2=O. The fourth-order valence-corrected chi connectivity index (χ4v) is 1.89. The first kappa shape index (κ1) is 9.53. The van der Waals surface area contributed by atoms with Gasteiger partial charge in [0.05, 0.1) is 17.2 Å². The molecule has 14 heavy (non-hydrogen) atoms. The minimum atomic E-state index is 0.0891. The highest BCUT2D eigenvalue weighted by atomic mass is 35.5. The molecular formula is C11H11ClO2. The van der Waals surface area contributed by atoms with Crippen LogP contribution in [0.4, 0.5) is 0 Å². The van der Waals surface area contributed by atoms with Crippen LogP contribution in [0.3, 0.4) is 0 Å². The summed E-state index contributed by atoms with van der Waals surface area (Å²) < 4.78 is 5.53. The molecule has 0 radical (unpaired) electrons. The Balaban J connectivity index is 2.62. The third-order valence-corrected chi connectivity index (χ3v) is 2.69. The van der Waals surface area contributed by atoms with E-state index < -0.39 is 0 Å². The van der Waals surface area contributed by atoms with E-state index in [1.807, 2.05) is 13.0 Å². The molecule has 0 saturated carbocycles. The van der Waals surface area contributed by atoms with Gasteiger partial charge < -0.3 is 4.74 Å². The topological polar surface area (TPSA) is 26.3 Å². The van der Waals surface area contributed by atoms with Gasteiger partial charge >= 0.3 is 0 Å². The van der Waals surface area contributed by atoms with Crippen molar-refractivity contribution in [1.82, 2.24) is 0 Å². The third-order valence-electron chi connectivity index (χ3n) is 2.38. The molecule has 0 N–H and O–H groups in total. The average Bonchev–Trinajstić information content (AvgIpc) is 2.35. The second-order valence-corrected chi connectivity index (χ2v) is 3.85. The number of ether oxygens (including phenoxy) is 1. The molecule has 1 aliphatic rings. The number of hydrogen-bond donors (Lipinski definition) is 0. The van der Waals surface area contributed by atoms with E-state index in [1.54, 1.807) is 6.07 Å². The Labute approximate surface area is 87.8 Å². The molecule has 1 heterocycles. The first-order valence-electron chi connectivity index (χ1n) is 4.65. The molecule has 0 spiro atoms. The average molecular weight is 211 g/mol. The molecule has 0 aliphatic carbocycles. The molecule has 1 aliphatic heterocycles. The van der Waals surface area contributed by atoms with Crippen LogP contribution in [0.15, 0.2) is 12.1 Å². The summed E-state index contributed by atoms with van der Waals surface area (Å²) in [4.78, 5) is 11.7. The fraction of sp³-hybridized carbons (Fsp3) is 0.364. The summed E-state index contributed by atoms with van der Waals surface area (Å²) in [6.45, 7) is 2.52. The lowest BCUT2D eigenvalue weighted by molar-refractivity contribution is 0.0983. The standard InChI is InChI=1S/C11H11ClO2/c1-7-4-5-8(12)10-9(13)3-2-6-14-11(7)10/h4-5H,2-3,6H2,1H3. The number of benzene rings is 1. The quantitative estimate of drug-likeness (QED) is 0.658. The van der Waals surface area contributed by atoms with Crippen molar-refractivity contribution in [2.45, 2.75) is 19.8 Å². The van der Waals surface area contributed by atoms with Crippen LogP contribution < -0.4 is 4.74 Å². The molecule has 0 fully saturated rings. The van der Waals surface area contributed by atoms with E-state index in [2.05, 4.69) is 0 Å². The minimum absolute atomic E-state index is 0.0891. The maximum absolute atomic E-state index is 11.7. The van der Waals surface area contributed by atoms with Crippen molar-refractivity contribution in [2.75, 3.05) is 6.61 Å². The zero-order valence-corrected chi connectivity index (χ0v) is 8.73. The Bertz CT molecular complexity index is 385. The van der Waals surface area contributed by atoms with Crippen LogP contribution in [0, 0.1) is 6.92 Å². The highest BCUT2D eigenvalue weighted by Gasteiger charge is 2.21. The molecule has 2 nitrogen and oxygen atoms in total. The van der Waals surface area contributed by atoms with E-state index in [1.165, 1.54) is 0 Å². The zero-order chi connectivity index (χ0) is 10.1. The first-order chi connectivity index (χ1) is 6.70. The van der Waals surface area contributed by atoms with Gasteiger partial charge in [-0.3, -0.25) is 4.79 Å². The number of rotatable bonds is 0. The molecule has 0 amide bonds. The van der Waals surface area contributed by atoms with Crippen molar-refractivity contribution in [2.24, 2.45) is 0 Å². The molecule has 2 rings (SSSR count). The number of fused-ring (bicyclic) bond motifs is 1. The maximum Gasteiger partial charge on any atom is 0.168 e. The molecule has 1 aromatic rings. The second-order valence-electron chi connectivity index (χ2n) is 3.44. The van der Waals surface area contributed by atoms with Gasteiger partial charge in [0.1, 0.15) is 5.75 Å². The molecule has 3 heteroatoms. The van der Waals surface area contributed by atoms with Crippen molar-refractivity contribution >= 4 is 17.4 Å². The molecule has 0 bridgehead atoms. The lowest BCUT2D eigenvalue weighted by atomic mass is 10.0. The molecule has 0 atom stereocenters. The van der Waals surface area contributed by atoms with Crippen molar-refractivity contribution in [3.63, 3.8) is 0 Å². The van der Waals surface area contributed by atoms with Gasteiger partial charge in [-0.15, -0.1) is 0 Å². The number of aryl methyl sites for hydroxylation is 1. The summed E-state index contributed by atoms with van der Waals surface area (Å²) in [6, 6.07) is 3.63. The Morgan fingerprint density at radius 1 is 1.43 bits per heavy atom. The number of ketones is 1. The summed E-state index contributed by atoms with van der Waals surface area (Å²) in [7, 11) is 0. The van der Waals surface area contributed by atoms with Crippen LogP contribution in [0.1, 0.15) is 28.8 Å². The Hall–Kier alpha value is -1.02. The maximum atomic E-state index is 11.7. The number of Topliss-reactive ketones (excluding diaryl/α,β-unsaturated/α-hetero) is 1. The number of hydrogen-bond acceptors (Lipinski definition) is 2. The first-order valence-corrected chi connectivity index (χ1v) is 5.03. The van der Waals surface area contributed by atoms with Crippen molar-refractivity contribution < 1.29 is 9.53 Å². The van der Waals surface area contributed by atoms with Gasteiger partial charge in [0.25, 0.3) is 0 Å². The largest absolute Gasteiger partial charge is 0.492 e. The van der Waals surface area contributed by atoms with Gasteiger partial charge in [-0.05, 0) is 25.0 Å². The van der Waals surface area contributed by atoms with E-state index in [4.69, 9.17) is 16.3 Å². The van der Waals surface area contributed by atoms with Crippen LogP contribution in [0.25, 0.3) is 0 Å². The summed E-state index contributed by atoms with van der Waals surface area (Å²) >= 11 is 5.98. The second kappa shape index (κ2) is 3.62. The lowest BCUT2D eigenvalue weighted by Gasteiger charge is -2.10. The van der Waals surface area contributed by atoms with Crippen molar-refractivity contribution in [1.29, 1.82) is 0 Å². The van der Waals surface area contributed by atoms with Crippen LogP contribution in [-0.2, 0) is 0 Å². The Morgan fingerprint density at radius 3 is 3.00 bits per heavy atom. The zero-order valence-electron chi connectivity index (χ0n) is 7.97. The van der Waals surface area contributed by atoms with E-state index in [-0.39, 0.29) is 5.78 Å². The van der Waals surface area contributed by atoms with E-state index in [9.17, 15) is 4.79 Å². The molecule has 74 valence electrons. The van der Waals surface area contributed by atoms with E-state index in [0.717, 1.165) is 12.0 Å². The monoisotopic (exact) mass is 210 g/mol. The fourth-order valence-electron chi connectivity index (χ4n) is 1.64. The number of carbonyl (C=O) groups excluding carboxylic acids is 1. The van der Waals surface area contributed by atoms with E-state index >= 15 is 0 Å². The highest BCUT2D eigenvalue weighted by Crippen LogP contribution is 2.33. The van der Waals surface area contributed by atoms with Gasteiger partial charge in [-0.2, -0.15) is 0 Å². The Morgan fingerprint density at radius 2 is 2.21 bits per heavy atom. The highest BCUT2D eigenvalue weighted by molar-refractivity contribution is 6.34. The van der Waals surface area contributed by atoms with Gasteiger partial charge in [-0.1, -0.05) is 17.7 Å². The summed E-state index contributed by atoms with van der Waals surface area (Å²) in [6.07, 6.45) is 1.29. The number of halogens is 1. The Kier molecular flexibility index (Phi) is 2.46. The van der Waals surface area contributed by atoms with Crippen LogP contribution in [0.5, 0.6) is 5.75 Å². The molecular weight excluding hydrogens is 200 g/mol. The molecule has 0 unspecified atom stereocenters. The third kappa shape index (κ3) is 1.50. The van der Waals surface area contributed by atoms with Gasteiger partial charge in [0.15, 0.2) is 5.78 Å². The smallest absolute Gasteiger partial charge is 0.168 e. The molecule has 1 aromatic carbocycles. The summed E-state index contributed by atoms with van der Waals surface area (Å²) in [5.74, 6) is 0.756. The lowest BCUT2D eigenvalue weighted by Crippen LogP contribution is -2.00. The summed E-state index contributed by atoms with van der Waals surface area (Å²) in [5, 5.41) is 0.498. The predicted octanol–water partition coefficient (Wildman–Crippen LogP) is 3.00. The summed E-state index contributed by atoms with van der Waals surface area (Å²) in [5.41, 5.74) is 1.53. The molecule has 0 saturated heterocycles. The minimum Gasteiger partial charge on any atom is -0.492 e.